The highest BCUT2D eigenvalue weighted by atomic mass is 14.0. The van der Waals surface area contributed by atoms with Crippen LogP contribution in [0.2, 0.25) is 0 Å². The van der Waals surface area contributed by atoms with Crippen LogP contribution in [0.4, 0.5) is 0 Å². The molecule has 0 aliphatic carbocycles. The Morgan fingerprint density at radius 1 is 0.250 bits per heavy atom. The van der Waals surface area contributed by atoms with Crippen molar-refractivity contribution in [2.24, 2.45) is 0 Å². The summed E-state index contributed by atoms with van der Waals surface area (Å²) in [6.45, 7) is 6.93. The first-order valence-electron chi connectivity index (χ1n) is 22.9. The van der Waals surface area contributed by atoms with Crippen molar-refractivity contribution in [3.8, 4) is 0 Å². The zero-order valence-electron chi connectivity index (χ0n) is 34.0. The number of hydrogen-bond donors (Lipinski definition) is 0. The molecule has 0 unspecified atom stereocenters. The Kier molecular flexibility index (Phi) is 43.5. The van der Waals surface area contributed by atoms with E-state index >= 15 is 0 Å². The molecule has 0 fully saturated rings. The Morgan fingerprint density at radius 3 is 0.708 bits per heavy atom. The minimum atomic E-state index is 1.25. The van der Waals surface area contributed by atoms with E-state index in [4.69, 9.17) is 0 Å². The largest absolute Gasteiger partial charge is 0.0840 e. The topological polar surface area (TPSA) is 0 Å². The van der Waals surface area contributed by atoms with E-state index in [-0.39, 0.29) is 0 Å². The molecule has 0 bridgehead atoms. The van der Waals surface area contributed by atoms with Crippen LogP contribution in [-0.2, 0) is 0 Å². The summed E-state index contributed by atoms with van der Waals surface area (Å²) in [5.74, 6) is 0. The Morgan fingerprint density at radius 2 is 0.458 bits per heavy atom. The molecule has 284 valence electrons. The molecule has 0 aliphatic heterocycles. The van der Waals surface area contributed by atoms with Crippen molar-refractivity contribution in [3.63, 3.8) is 0 Å². The van der Waals surface area contributed by atoms with Gasteiger partial charge in [-0.25, -0.2) is 0 Å². The molecule has 0 amide bonds. The normalized spacial score (nSPS) is 12.4. The van der Waals surface area contributed by atoms with Crippen molar-refractivity contribution in [2.45, 2.75) is 271 Å². The van der Waals surface area contributed by atoms with Gasteiger partial charge in [0.1, 0.15) is 0 Å². The molecule has 0 heterocycles. The maximum atomic E-state index is 2.54. The molecule has 0 saturated carbocycles. The van der Waals surface area contributed by atoms with Crippen LogP contribution < -0.4 is 0 Å². The van der Waals surface area contributed by atoms with Gasteiger partial charge in [-0.3, -0.25) is 0 Å². The van der Waals surface area contributed by atoms with Crippen molar-refractivity contribution < 1.29 is 0 Å². The smallest absolute Gasteiger partial charge is 0.0303 e. The van der Waals surface area contributed by atoms with Crippen molar-refractivity contribution >= 4 is 0 Å². The molecule has 0 saturated heterocycles. The lowest BCUT2D eigenvalue weighted by Gasteiger charge is -2.03. The lowest BCUT2D eigenvalue weighted by molar-refractivity contribution is 0.540. The summed E-state index contributed by atoms with van der Waals surface area (Å²) >= 11 is 0. The van der Waals surface area contributed by atoms with Gasteiger partial charge in [-0.05, 0) is 44.1 Å². The first kappa shape index (κ1) is 47.2. The third-order valence-electron chi connectivity index (χ3n) is 10.5. The lowest BCUT2D eigenvalue weighted by Crippen LogP contribution is -1.83. The molecule has 0 aromatic rings. The standard InChI is InChI=1S/C48H92/c1-4-7-10-13-16-19-22-25-28-31-34-37-40-43-46-48(45-42-39-36-33-30-27-24-21-18-15-12-9-6-3)47-44-41-38-35-32-29-26-23-20-17-14-11-8-5-2/h42-43,45-47H,4-41,44H2,1-3H3. The van der Waals surface area contributed by atoms with Crippen LogP contribution in [0.3, 0.4) is 0 Å². The van der Waals surface area contributed by atoms with E-state index in [0.29, 0.717) is 0 Å². The number of rotatable bonds is 41. The predicted molar refractivity (Wildman–Crippen MR) is 223 cm³/mol. The Bertz CT molecular complexity index is 651. The van der Waals surface area contributed by atoms with Crippen molar-refractivity contribution in [1.82, 2.24) is 0 Å². The van der Waals surface area contributed by atoms with Gasteiger partial charge in [0.2, 0.25) is 0 Å². The Balaban J connectivity index is 4.16. The molecule has 0 nitrogen and oxygen atoms in total. The summed E-state index contributed by atoms with van der Waals surface area (Å²) in [5, 5.41) is 0. The highest BCUT2D eigenvalue weighted by Gasteiger charge is 1.97. The van der Waals surface area contributed by atoms with Crippen LogP contribution >= 0.6 is 0 Å². The van der Waals surface area contributed by atoms with Gasteiger partial charge in [0.15, 0.2) is 0 Å². The second-order valence-corrected chi connectivity index (χ2v) is 15.5. The van der Waals surface area contributed by atoms with E-state index in [9.17, 15) is 0 Å². The molecular weight excluding hydrogens is 577 g/mol. The molecule has 0 aromatic carbocycles. The molecule has 0 atom stereocenters. The van der Waals surface area contributed by atoms with E-state index in [1.807, 2.05) is 0 Å². The van der Waals surface area contributed by atoms with Crippen molar-refractivity contribution in [2.75, 3.05) is 0 Å². The first-order valence-corrected chi connectivity index (χ1v) is 22.9. The van der Waals surface area contributed by atoms with E-state index in [1.165, 1.54) is 256 Å². The van der Waals surface area contributed by atoms with Gasteiger partial charge >= 0.3 is 0 Å². The van der Waals surface area contributed by atoms with Gasteiger partial charge in [-0.1, -0.05) is 263 Å². The highest BCUT2D eigenvalue weighted by Crippen LogP contribution is 2.16. The average molecular weight is 669 g/mol. The second-order valence-electron chi connectivity index (χ2n) is 15.5. The molecule has 0 aliphatic rings. The number of unbranched alkanes of at least 4 members (excludes halogenated alkanes) is 36. The van der Waals surface area contributed by atoms with Gasteiger partial charge in [-0.2, -0.15) is 0 Å². The minimum absolute atomic E-state index is 1.25. The van der Waals surface area contributed by atoms with Crippen LogP contribution in [0.5, 0.6) is 0 Å². The first-order chi connectivity index (χ1) is 23.8. The summed E-state index contributed by atoms with van der Waals surface area (Å²) < 4.78 is 0. The fraction of sp³-hybridized carbons (Fsp3) is 0.875. The van der Waals surface area contributed by atoms with E-state index in [0.717, 1.165) is 0 Å². The van der Waals surface area contributed by atoms with Gasteiger partial charge in [0.05, 0.1) is 0 Å². The third-order valence-corrected chi connectivity index (χ3v) is 10.5. The molecule has 0 radical (unpaired) electrons. The molecular formula is C48H92. The van der Waals surface area contributed by atoms with Gasteiger partial charge < -0.3 is 0 Å². The molecule has 0 heteroatoms. The Labute approximate surface area is 306 Å². The van der Waals surface area contributed by atoms with E-state index in [2.05, 4.69) is 51.2 Å². The number of allylic oxidation sites excluding steroid dienone is 6. The zero-order chi connectivity index (χ0) is 34.7. The van der Waals surface area contributed by atoms with Crippen molar-refractivity contribution in [1.29, 1.82) is 0 Å². The Hall–Kier alpha value is -0.780. The molecule has 0 rings (SSSR count). The minimum Gasteiger partial charge on any atom is -0.0840 e. The van der Waals surface area contributed by atoms with Gasteiger partial charge in [0.25, 0.3) is 0 Å². The van der Waals surface area contributed by atoms with Gasteiger partial charge in [-0.15, -0.1) is 0 Å². The monoisotopic (exact) mass is 669 g/mol. The number of hydrogen-bond acceptors (Lipinski definition) is 0. The van der Waals surface area contributed by atoms with E-state index < -0.39 is 0 Å². The quantitative estimate of drug-likeness (QED) is 0.0449. The maximum Gasteiger partial charge on any atom is -0.0303 e. The van der Waals surface area contributed by atoms with Crippen LogP contribution in [0.1, 0.15) is 271 Å². The van der Waals surface area contributed by atoms with Crippen molar-refractivity contribution in [3.05, 3.63) is 36.0 Å². The van der Waals surface area contributed by atoms with Crippen LogP contribution in [0, 0.1) is 0 Å². The summed E-state index contributed by atoms with van der Waals surface area (Å²) in [7, 11) is 0. The summed E-state index contributed by atoms with van der Waals surface area (Å²) in [6.07, 6.45) is 67.8. The summed E-state index contributed by atoms with van der Waals surface area (Å²) in [4.78, 5) is 0. The maximum absolute atomic E-state index is 2.54. The van der Waals surface area contributed by atoms with Crippen LogP contribution in [0.25, 0.3) is 0 Å². The van der Waals surface area contributed by atoms with E-state index in [1.54, 1.807) is 0 Å². The molecule has 0 aromatic heterocycles. The van der Waals surface area contributed by atoms with Crippen LogP contribution in [-0.4, -0.2) is 0 Å². The SMILES string of the molecule is CCCCCCCCCCCCCC=CC(C=CCCCCCCCCCCCCCC)=CCCCCCCCCCCCCCCC. The lowest BCUT2D eigenvalue weighted by atomic mass is 10.0. The zero-order valence-corrected chi connectivity index (χ0v) is 34.0. The third kappa shape index (κ3) is 41.4. The fourth-order valence-electron chi connectivity index (χ4n) is 7.09. The van der Waals surface area contributed by atoms with Gasteiger partial charge in [0, 0.05) is 0 Å². The highest BCUT2D eigenvalue weighted by molar-refractivity contribution is 5.30. The van der Waals surface area contributed by atoms with Crippen LogP contribution in [0.15, 0.2) is 36.0 Å². The second kappa shape index (κ2) is 44.2. The summed E-state index contributed by atoms with van der Waals surface area (Å²) in [5.41, 5.74) is 1.47. The predicted octanol–water partition coefficient (Wildman–Crippen LogP) is 18.3. The molecule has 0 N–H and O–H groups in total. The molecule has 48 heavy (non-hydrogen) atoms. The summed E-state index contributed by atoms with van der Waals surface area (Å²) in [6, 6.07) is 0. The average Bonchev–Trinajstić information content (AvgIpc) is 3.10. The molecule has 0 spiro atoms. The fourth-order valence-corrected chi connectivity index (χ4v) is 7.09.